The highest BCUT2D eigenvalue weighted by atomic mass is 31.2. The molecule has 0 aromatic carbocycles. The van der Waals surface area contributed by atoms with E-state index < -0.39 is 7.60 Å². The summed E-state index contributed by atoms with van der Waals surface area (Å²) in [5, 5.41) is 0. The summed E-state index contributed by atoms with van der Waals surface area (Å²) in [6.07, 6.45) is 6.44. The monoisotopic (exact) mass is 174 g/mol. The van der Waals surface area contributed by atoms with Gasteiger partial charge >= 0.3 is 7.60 Å². The second-order valence-corrected chi connectivity index (χ2v) is 3.90. The third-order valence-electron chi connectivity index (χ3n) is 0.952. The van der Waals surface area contributed by atoms with Gasteiger partial charge in [-0.3, -0.25) is 4.57 Å². The Morgan fingerprint density at radius 3 is 2.82 bits per heavy atom. The first-order valence-electron chi connectivity index (χ1n) is 3.02. The highest BCUT2D eigenvalue weighted by Crippen LogP contribution is 2.46. The molecular weight excluding hydrogens is 163 g/mol. The summed E-state index contributed by atoms with van der Waals surface area (Å²) in [5.74, 6) is 2.22. The Kier molecular flexibility index (Phi) is 4.89. The third kappa shape index (κ3) is 4.00. The zero-order valence-electron chi connectivity index (χ0n) is 6.45. The summed E-state index contributed by atoms with van der Waals surface area (Å²) in [4.78, 5) is 0. The van der Waals surface area contributed by atoms with Crippen molar-refractivity contribution >= 4 is 7.60 Å². The van der Waals surface area contributed by atoms with Crippen molar-refractivity contribution in [2.45, 2.75) is 0 Å². The molecule has 0 aliphatic carbocycles. The van der Waals surface area contributed by atoms with Crippen LogP contribution >= 0.6 is 7.60 Å². The molecule has 0 aromatic rings. The van der Waals surface area contributed by atoms with Crippen LogP contribution in [0.1, 0.15) is 0 Å². The first kappa shape index (κ1) is 10.4. The fraction of sp³-hybridized carbons (Fsp3) is 0.429. The van der Waals surface area contributed by atoms with Gasteiger partial charge in [0.05, 0.1) is 6.61 Å². The Balaban J connectivity index is 4.01. The normalized spacial score (nSPS) is 14.9. The van der Waals surface area contributed by atoms with Crippen molar-refractivity contribution in [2.24, 2.45) is 0 Å². The van der Waals surface area contributed by atoms with Crippen LogP contribution in [0, 0.1) is 12.3 Å². The summed E-state index contributed by atoms with van der Waals surface area (Å²) >= 11 is 0. The summed E-state index contributed by atoms with van der Waals surface area (Å²) < 4.78 is 20.8. The van der Waals surface area contributed by atoms with Gasteiger partial charge in [0.25, 0.3) is 0 Å². The first-order chi connectivity index (χ1) is 5.18. The maximum atomic E-state index is 11.3. The lowest BCUT2D eigenvalue weighted by molar-refractivity contribution is 0.258. The van der Waals surface area contributed by atoms with Gasteiger partial charge < -0.3 is 9.05 Å². The average molecular weight is 174 g/mol. The van der Waals surface area contributed by atoms with E-state index in [9.17, 15) is 4.57 Å². The minimum absolute atomic E-state index is 0.00264. The number of hydrogen-bond acceptors (Lipinski definition) is 3. The molecule has 0 aliphatic rings. The molecule has 0 amide bonds. The van der Waals surface area contributed by atoms with E-state index in [4.69, 9.17) is 10.9 Å². The molecule has 0 aromatic heterocycles. The maximum absolute atomic E-state index is 11.3. The minimum Gasteiger partial charge on any atom is -0.311 e. The van der Waals surface area contributed by atoms with Gasteiger partial charge in [0.2, 0.25) is 0 Å². The molecule has 1 unspecified atom stereocenters. The van der Waals surface area contributed by atoms with E-state index in [2.05, 4.69) is 17.0 Å². The second-order valence-electron chi connectivity index (χ2n) is 1.74. The van der Waals surface area contributed by atoms with E-state index in [-0.39, 0.29) is 12.8 Å². The molecule has 4 heteroatoms. The molecule has 0 heterocycles. The van der Waals surface area contributed by atoms with Crippen LogP contribution in [0.3, 0.4) is 0 Å². The molecule has 0 saturated heterocycles. The molecular formula is C7H11O3P. The third-order valence-corrected chi connectivity index (χ3v) is 2.62. The van der Waals surface area contributed by atoms with Gasteiger partial charge in [0, 0.05) is 7.11 Å². The van der Waals surface area contributed by atoms with Crippen LogP contribution in [0.25, 0.3) is 0 Å². The Hall–Kier alpha value is -0.550. The quantitative estimate of drug-likeness (QED) is 0.361. The van der Waals surface area contributed by atoms with E-state index >= 15 is 0 Å². The van der Waals surface area contributed by atoms with Gasteiger partial charge in [-0.2, -0.15) is 0 Å². The zero-order chi connectivity index (χ0) is 8.74. The van der Waals surface area contributed by atoms with Crippen molar-refractivity contribution in [3.05, 3.63) is 12.7 Å². The summed E-state index contributed by atoms with van der Waals surface area (Å²) in [6, 6.07) is 0. The Morgan fingerprint density at radius 1 is 1.82 bits per heavy atom. The molecule has 0 aliphatic heterocycles. The number of rotatable bonds is 5. The first-order valence-corrected chi connectivity index (χ1v) is 4.75. The van der Waals surface area contributed by atoms with Crippen LogP contribution in [0.4, 0.5) is 0 Å². The second kappa shape index (κ2) is 5.15. The highest BCUT2D eigenvalue weighted by Gasteiger charge is 2.19. The van der Waals surface area contributed by atoms with Crippen molar-refractivity contribution in [2.75, 3.05) is 19.9 Å². The summed E-state index contributed by atoms with van der Waals surface area (Å²) in [7, 11) is -1.72. The lowest BCUT2D eigenvalue weighted by Crippen LogP contribution is -1.95. The lowest BCUT2D eigenvalue weighted by atomic mass is 10.7. The zero-order valence-corrected chi connectivity index (χ0v) is 7.34. The largest absolute Gasteiger partial charge is 0.342 e. The van der Waals surface area contributed by atoms with Crippen molar-refractivity contribution in [3.63, 3.8) is 0 Å². The van der Waals surface area contributed by atoms with Crippen LogP contribution in [0.5, 0.6) is 0 Å². The predicted octanol–water partition coefficient (Wildman–Crippen LogP) is 1.66. The maximum Gasteiger partial charge on any atom is 0.342 e. The van der Waals surface area contributed by atoms with E-state index in [1.54, 1.807) is 0 Å². The van der Waals surface area contributed by atoms with Gasteiger partial charge in [0.15, 0.2) is 0 Å². The fourth-order valence-corrected chi connectivity index (χ4v) is 1.32. The molecule has 3 nitrogen and oxygen atoms in total. The Morgan fingerprint density at radius 2 is 2.45 bits per heavy atom. The van der Waals surface area contributed by atoms with Crippen LogP contribution in [0.2, 0.25) is 0 Å². The Bertz CT molecular complexity index is 204. The summed E-state index contributed by atoms with van der Waals surface area (Å²) in [6.45, 7) is 3.59. The van der Waals surface area contributed by atoms with Crippen LogP contribution in [-0.2, 0) is 13.6 Å². The standard InChI is InChI=1S/C7H11O3P/c1-4-6-10-11(8,9-3)7-5-2/h2,4H,1,6-7H2,3H3. The number of terminal acetylenes is 1. The minimum atomic E-state index is -3.02. The van der Waals surface area contributed by atoms with E-state index in [1.807, 2.05) is 0 Å². The average Bonchev–Trinajstić information content (AvgIpc) is 2.02. The predicted molar refractivity (Wildman–Crippen MR) is 44.5 cm³/mol. The van der Waals surface area contributed by atoms with E-state index in [1.165, 1.54) is 13.2 Å². The van der Waals surface area contributed by atoms with Crippen molar-refractivity contribution in [1.82, 2.24) is 0 Å². The van der Waals surface area contributed by atoms with E-state index in [0.717, 1.165) is 0 Å². The molecule has 0 N–H and O–H groups in total. The van der Waals surface area contributed by atoms with E-state index in [0.29, 0.717) is 0 Å². The van der Waals surface area contributed by atoms with Crippen LogP contribution in [0.15, 0.2) is 12.7 Å². The SMILES string of the molecule is C#CCP(=O)(OC)OCC=C. The topological polar surface area (TPSA) is 35.5 Å². The van der Waals surface area contributed by atoms with Crippen molar-refractivity contribution < 1.29 is 13.6 Å². The molecule has 0 spiro atoms. The van der Waals surface area contributed by atoms with Crippen LogP contribution < -0.4 is 0 Å². The smallest absolute Gasteiger partial charge is 0.311 e. The molecule has 11 heavy (non-hydrogen) atoms. The number of hydrogen-bond donors (Lipinski definition) is 0. The highest BCUT2D eigenvalue weighted by molar-refractivity contribution is 7.54. The van der Waals surface area contributed by atoms with Crippen molar-refractivity contribution in [3.8, 4) is 12.3 Å². The van der Waals surface area contributed by atoms with Gasteiger partial charge in [-0.25, -0.2) is 0 Å². The van der Waals surface area contributed by atoms with Gasteiger partial charge in [-0.15, -0.1) is 13.0 Å². The molecule has 62 valence electrons. The molecule has 0 bridgehead atoms. The summed E-state index contributed by atoms with van der Waals surface area (Å²) in [5.41, 5.74) is 0. The van der Waals surface area contributed by atoms with Gasteiger partial charge in [0.1, 0.15) is 6.16 Å². The van der Waals surface area contributed by atoms with Gasteiger partial charge in [-0.05, 0) is 0 Å². The lowest BCUT2D eigenvalue weighted by Gasteiger charge is -2.11. The molecule has 1 atom stereocenters. The molecule has 0 fully saturated rings. The Labute approximate surface area is 66.9 Å². The molecule has 0 saturated carbocycles. The van der Waals surface area contributed by atoms with Gasteiger partial charge in [-0.1, -0.05) is 12.0 Å². The van der Waals surface area contributed by atoms with Crippen molar-refractivity contribution in [1.29, 1.82) is 0 Å². The fourth-order valence-electron chi connectivity index (χ4n) is 0.441. The van der Waals surface area contributed by atoms with Crippen LogP contribution in [-0.4, -0.2) is 19.9 Å². The molecule has 0 radical (unpaired) electrons. The molecule has 0 rings (SSSR count).